The van der Waals surface area contributed by atoms with Crippen LogP contribution in [0, 0.1) is 11.3 Å². The van der Waals surface area contributed by atoms with E-state index in [1.807, 2.05) is 4.90 Å². The fourth-order valence-corrected chi connectivity index (χ4v) is 4.80. The maximum absolute atomic E-state index is 12.8. The normalized spacial score (nSPS) is 16.2. The lowest BCUT2D eigenvalue weighted by atomic mass is 9.72. The Labute approximate surface area is 172 Å². The van der Waals surface area contributed by atoms with E-state index in [4.69, 9.17) is 0 Å². The molecule has 0 unspecified atom stereocenters. The average molecular weight is 399 g/mol. The van der Waals surface area contributed by atoms with Gasteiger partial charge in [0.1, 0.15) is 0 Å². The monoisotopic (exact) mass is 398 g/mol. The minimum Gasteiger partial charge on any atom is -0.359 e. The van der Waals surface area contributed by atoms with Crippen molar-refractivity contribution < 1.29 is 9.59 Å². The van der Waals surface area contributed by atoms with Crippen molar-refractivity contribution in [3.05, 3.63) is 47.3 Å². The van der Waals surface area contributed by atoms with Crippen molar-refractivity contribution in [2.45, 2.75) is 39.5 Å². The molecule has 1 aliphatic rings. The Balaban J connectivity index is 1.76. The van der Waals surface area contributed by atoms with E-state index in [2.05, 4.69) is 60.9 Å². The van der Waals surface area contributed by atoms with Crippen LogP contribution in [0.2, 0.25) is 0 Å². The Morgan fingerprint density at radius 3 is 2.54 bits per heavy atom. The first kappa shape index (κ1) is 20.6. The quantitative estimate of drug-likeness (QED) is 0.786. The van der Waals surface area contributed by atoms with E-state index in [9.17, 15) is 9.59 Å². The van der Waals surface area contributed by atoms with Crippen LogP contribution in [0.25, 0.3) is 10.4 Å². The predicted molar refractivity (Wildman–Crippen MR) is 115 cm³/mol. The van der Waals surface area contributed by atoms with Crippen molar-refractivity contribution >= 4 is 23.2 Å². The molecule has 1 saturated heterocycles. The van der Waals surface area contributed by atoms with Crippen molar-refractivity contribution in [1.29, 1.82) is 0 Å². The summed E-state index contributed by atoms with van der Waals surface area (Å²) in [6, 6.07) is 12.7. The zero-order valence-corrected chi connectivity index (χ0v) is 17.8. The Kier molecular flexibility index (Phi) is 6.55. The van der Waals surface area contributed by atoms with E-state index in [1.165, 1.54) is 16.0 Å². The third kappa shape index (κ3) is 4.64. The molecule has 28 heavy (non-hydrogen) atoms. The lowest BCUT2D eigenvalue weighted by Gasteiger charge is -2.41. The summed E-state index contributed by atoms with van der Waals surface area (Å²) in [5.74, 6) is 0.656. The minimum absolute atomic E-state index is 0.0879. The third-order valence-corrected chi connectivity index (χ3v) is 6.56. The summed E-state index contributed by atoms with van der Waals surface area (Å²) in [6.45, 7) is 5.45. The molecule has 1 aromatic carbocycles. The van der Waals surface area contributed by atoms with Crippen molar-refractivity contribution in [2.24, 2.45) is 11.3 Å². The summed E-state index contributed by atoms with van der Waals surface area (Å²) in [7, 11) is 1.71. The van der Waals surface area contributed by atoms with Gasteiger partial charge in [0.15, 0.2) is 0 Å². The van der Waals surface area contributed by atoms with Crippen molar-refractivity contribution in [3.8, 4) is 10.4 Å². The number of thiophene rings is 1. The number of carbonyl (C=O) groups is 2. The Hall–Kier alpha value is -2.14. The first-order valence-electron chi connectivity index (χ1n) is 10.1. The summed E-state index contributed by atoms with van der Waals surface area (Å²) in [6.07, 6.45) is 2.70. The van der Waals surface area contributed by atoms with E-state index < -0.39 is 5.41 Å². The summed E-state index contributed by atoms with van der Waals surface area (Å²) in [5, 5.41) is 4.96. The van der Waals surface area contributed by atoms with Crippen molar-refractivity contribution in [3.63, 3.8) is 0 Å². The number of carbonyl (C=O) groups excluding carboxylic acids is 2. The highest BCUT2D eigenvalue weighted by Gasteiger charge is 2.41. The summed E-state index contributed by atoms with van der Waals surface area (Å²) in [4.78, 5) is 28.4. The smallest absolute Gasteiger partial charge is 0.226 e. The zero-order chi connectivity index (χ0) is 20.1. The van der Waals surface area contributed by atoms with E-state index in [1.54, 1.807) is 18.4 Å². The number of likely N-dealkylation sites (tertiary alicyclic amines) is 1. The van der Waals surface area contributed by atoms with Gasteiger partial charge in [-0.2, -0.15) is 0 Å². The fourth-order valence-electron chi connectivity index (χ4n) is 4.08. The van der Waals surface area contributed by atoms with Crippen molar-refractivity contribution in [1.82, 2.24) is 10.2 Å². The molecule has 0 saturated carbocycles. The molecule has 2 amide bonds. The van der Waals surface area contributed by atoms with Gasteiger partial charge in [0, 0.05) is 31.4 Å². The van der Waals surface area contributed by atoms with Gasteiger partial charge >= 0.3 is 0 Å². The number of benzene rings is 1. The van der Waals surface area contributed by atoms with Crippen LogP contribution in [0.3, 0.4) is 0 Å². The van der Waals surface area contributed by atoms with Crippen LogP contribution in [0.5, 0.6) is 0 Å². The molecule has 0 aliphatic carbocycles. The number of hydrogen-bond acceptors (Lipinski definition) is 3. The van der Waals surface area contributed by atoms with Gasteiger partial charge in [-0.25, -0.2) is 0 Å². The van der Waals surface area contributed by atoms with Crippen LogP contribution in [-0.2, 0) is 16.0 Å². The molecule has 0 radical (unpaired) electrons. The van der Waals surface area contributed by atoms with Crippen LogP contribution in [-0.4, -0.2) is 36.9 Å². The molecule has 2 heterocycles. The predicted octanol–water partition coefficient (Wildman–Crippen LogP) is 4.36. The SMILES string of the molecule is CNC(=O)C1(Cc2cccc(-c3cccs3)c2)CCN(C(=O)CC(C)C)CC1. The molecule has 1 aliphatic heterocycles. The van der Waals surface area contributed by atoms with Gasteiger partial charge in [-0.3, -0.25) is 9.59 Å². The molecule has 5 heteroatoms. The molecular formula is C23H30N2O2S. The Morgan fingerprint density at radius 1 is 1.18 bits per heavy atom. The van der Waals surface area contributed by atoms with E-state index in [-0.39, 0.29) is 11.8 Å². The molecule has 4 nitrogen and oxygen atoms in total. The van der Waals surface area contributed by atoms with Crippen LogP contribution >= 0.6 is 11.3 Å². The minimum atomic E-state index is -0.447. The van der Waals surface area contributed by atoms with E-state index in [0.29, 0.717) is 44.7 Å². The number of hydrogen-bond donors (Lipinski definition) is 1. The van der Waals surface area contributed by atoms with Gasteiger partial charge in [0.05, 0.1) is 5.41 Å². The molecule has 0 atom stereocenters. The van der Waals surface area contributed by atoms with E-state index >= 15 is 0 Å². The molecule has 0 spiro atoms. The number of nitrogens with one attached hydrogen (secondary N) is 1. The molecular weight excluding hydrogens is 368 g/mol. The molecule has 3 rings (SSSR count). The highest BCUT2D eigenvalue weighted by molar-refractivity contribution is 7.13. The summed E-state index contributed by atoms with van der Waals surface area (Å²) >= 11 is 1.73. The largest absolute Gasteiger partial charge is 0.359 e. The average Bonchev–Trinajstić information content (AvgIpc) is 3.22. The zero-order valence-electron chi connectivity index (χ0n) is 17.0. The second-order valence-electron chi connectivity index (χ2n) is 8.19. The molecule has 2 aromatic rings. The maximum Gasteiger partial charge on any atom is 0.226 e. The molecule has 1 N–H and O–H groups in total. The topological polar surface area (TPSA) is 49.4 Å². The van der Waals surface area contributed by atoms with E-state index in [0.717, 1.165) is 0 Å². The summed E-state index contributed by atoms with van der Waals surface area (Å²) in [5.41, 5.74) is 1.93. The van der Waals surface area contributed by atoms with Gasteiger partial charge in [-0.1, -0.05) is 44.2 Å². The standard InChI is InChI=1S/C23H30N2O2S/c1-17(2)14-21(26)25-11-9-23(10-12-25,22(27)24-3)16-18-6-4-7-19(15-18)20-8-5-13-28-20/h4-8,13,15,17H,9-12,14,16H2,1-3H3,(H,24,27). The molecule has 1 fully saturated rings. The first-order chi connectivity index (χ1) is 13.4. The fraction of sp³-hybridized carbons (Fsp3) is 0.478. The molecule has 0 bridgehead atoms. The number of rotatable bonds is 6. The lowest BCUT2D eigenvalue weighted by molar-refractivity contribution is -0.140. The maximum atomic E-state index is 12.8. The molecule has 1 aromatic heterocycles. The van der Waals surface area contributed by atoms with Gasteiger partial charge in [-0.15, -0.1) is 11.3 Å². The van der Waals surface area contributed by atoms with Crippen LogP contribution in [0.4, 0.5) is 0 Å². The number of nitrogens with zero attached hydrogens (tertiary/aromatic N) is 1. The Bertz CT molecular complexity index is 806. The summed E-state index contributed by atoms with van der Waals surface area (Å²) < 4.78 is 0. The van der Waals surface area contributed by atoms with Crippen LogP contribution < -0.4 is 5.32 Å². The van der Waals surface area contributed by atoms with Gasteiger partial charge in [0.25, 0.3) is 0 Å². The Morgan fingerprint density at radius 2 is 1.93 bits per heavy atom. The lowest BCUT2D eigenvalue weighted by Crippen LogP contribution is -2.50. The third-order valence-electron chi connectivity index (χ3n) is 5.64. The van der Waals surface area contributed by atoms with Crippen LogP contribution in [0.1, 0.15) is 38.7 Å². The molecule has 150 valence electrons. The highest BCUT2D eigenvalue weighted by atomic mass is 32.1. The van der Waals surface area contributed by atoms with Gasteiger partial charge in [0.2, 0.25) is 11.8 Å². The second-order valence-corrected chi connectivity index (χ2v) is 9.14. The van der Waals surface area contributed by atoms with Gasteiger partial charge in [-0.05, 0) is 47.8 Å². The number of piperidine rings is 1. The van der Waals surface area contributed by atoms with Crippen molar-refractivity contribution in [2.75, 3.05) is 20.1 Å². The second kappa shape index (κ2) is 8.91. The first-order valence-corrected chi connectivity index (χ1v) is 10.9. The highest BCUT2D eigenvalue weighted by Crippen LogP contribution is 2.37. The number of amides is 2. The van der Waals surface area contributed by atoms with Crippen LogP contribution in [0.15, 0.2) is 41.8 Å². The van der Waals surface area contributed by atoms with Gasteiger partial charge < -0.3 is 10.2 Å².